The number of allylic oxidation sites excluding steroid dienone is 3. The fourth-order valence-electron chi connectivity index (χ4n) is 1.65. The number of rotatable bonds is 7. The van der Waals surface area contributed by atoms with Gasteiger partial charge in [0, 0.05) is 18.0 Å². The Morgan fingerprint density at radius 1 is 1.52 bits per heavy atom. The van der Waals surface area contributed by atoms with Gasteiger partial charge in [0.1, 0.15) is 5.75 Å². The first-order valence-corrected chi connectivity index (χ1v) is 6.40. The molecule has 1 aromatic carbocycles. The second kappa shape index (κ2) is 9.05. The predicted octanol–water partition coefficient (Wildman–Crippen LogP) is 2.36. The lowest BCUT2D eigenvalue weighted by Gasteiger charge is -2.08. The van der Waals surface area contributed by atoms with E-state index in [-0.39, 0.29) is 5.91 Å². The Bertz CT molecular complexity index is 595. The van der Waals surface area contributed by atoms with Crippen LogP contribution in [0, 0.1) is 12.5 Å². The van der Waals surface area contributed by atoms with Crippen molar-refractivity contribution in [3.63, 3.8) is 0 Å². The number of carbonyl (C=O) groups is 1. The average molecular weight is 282 g/mol. The molecule has 0 aliphatic carbocycles. The molecule has 1 amide bonds. The molecule has 4 heteroatoms. The minimum atomic E-state index is -0.332. The minimum Gasteiger partial charge on any atom is -0.493 e. The van der Waals surface area contributed by atoms with Crippen LogP contribution in [-0.2, 0) is 0 Å². The van der Waals surface area contributed by atoms with Crippen LogP contribution in [0.1, 0.15) is 16.8 Å². The first kappa shape index (κ1) is 16.1. The summed E-state index contributed by atoms with van der Waals surface area (Å²) in [5.41, 5.74) is 6.83. The highest BCUT2D eigenvalue weighted by Crippen LogP contribution is 2.14. The minimum absolute atomic E-state index is 0.332. The molecule has 0 aromatic heterocycles. The molecule has 1 rings (SSSR count). The van der Waals surface area contributed by atoms with E-state index in [0.29, 0.717) is 24.3 Å². The summed E-state index contributed by atoms with van der Waals surface area (Å²) in [6.07, 6.45) is 12.5. The zero-order chi connectivity index (χ0) is 15.5. The van der Waals surface area contributed by atoms with Gasteiger partial charge in [0.15, 0.2) is 0 Å². The van der Waals surface area contributed by atoms with Gasteiger partial charge in [-0.1, -0.05) is 31.2 Å². The van der Waals surface area contributed by atoms with E-state index in [0.717, 1.165) is 5.57 Å². The summed E-state index contributed by atoms with van der Waals surface area (Å²) in [6.45, 7) is 4.11. The summed E-state index contributed by atoms with van der Waals surface area (Å²) >= 11 is 0. The van der Waals surface area contributed by atoms with Crippen LogP contribution in [0.15, 0.2) is 60.8 Å². The molecular weight excluding hydrogens is 264 g/mol. The van der Waals surface area contributed by atoms with Gasteiger partial charge in [-0.05, 0) is 36.0 Å². The largest absolute Gasteiger partial charge is 0.493 e. The first-order chi connectivity index (χ1) is 10.2. The number of nitrogens with two attached hydrogens (primary N) is 1. The first-order valence-electron chi connectivity index (χ1n) is 6.40. The Balaban J connectivity index is 2.62. The van der Waals surface area contributed by atoms with Crippen LogP contribution in [0.2, 0.25) is 0 Å². The molecule has 0 saturated carbocycles. The molecule has 0 heterocycles. The van der Waals surface area contributed by atoms with Crippen molar-refractivity contribution in [2.45, 2.75) is 6.42 Å². The van der Waals surface area contributed by atoms with Crippen LogP contribution in [0.4, 0.5) is 0 Å². The van der Waals surface area contributed by atoms with Crippen molar-refractivity contribution >= 4 is 5.91 Å². The SMILES string of the molecule is C#CNC(=O)c1cccc(OCCC(/C=C\N)=C/C=C)c1. The second-order valence-corrected chi connectivity index (χ2v) is 4.06. The smallest absolute Gasteiger partial charge is 0.262 e. The zero-order valence-electron chi connectivity index (χ0n) is 11.7. The van der Waals surface area contributed by atoms with E-state index >= 15 is 0 Å². The molecule has 0 aliphatic rings. The number of benzene rings is 1. The van der Waals surface area contributed by atoms with Crippen molar-refractivity contribution in [3.8, 4) is 18.2 Å². The Kier molecular flexibility index (Phi) is 6.95. The van der Waals surface area contributed by atoms with Gasteiger partial charge >= 0.3 is 0 Å². The fraction of sp³-hybridized carbons (Fsp3) is 0.118. The number of hydrogen-bond donors (Lipinski definition) is 2. The average Bonchev–Trinajstić information content (AvgIpc) is 2.48. The molecule has 0 saturated heterocycles. The molecule has 0 spiro atoms. The van der Waals surface area contributed by atoms with E-state index in [9.17, 15) is 4.79 Å². The summed E-state index contributed by atoms with van der Waals surface area (Å²) in [5.74, 6) is 0.274. The van der Waals surface area contributed by atoms with Gasteiger partial charge in [-0.25, -0.2) is 0 Å². The standard InChI is InChI=1S/C17H18N2O2/c1-3-6-14(9-11-18)10-12-21-16-8-5-7-15(13-16)17(20)19-4-2/h2-3,5-9,11,13H,1,10,12,18H2,(H,19,20)/b11-9-,14-6+. The lowest BCUT2D eigenvalue weighted by Crippen LogP contribution is -2.17. The highest BCUT2D eigenvalue weighted by atomic mass is 16.5. The monoisotopic (exact) mass is 282 g/mol. The van der Waals surface area contributed by atoms with Crippen molar-refractivity contribution in [3.05, 3.63) is 66.4 Å². The maximum atomic E-state index is 11.6. The van der Waals surface area contributed by atoms with Crippen molar-refractivity contribution in [2.24, 2.45) is 5.73 Å². The summed E-state index contributed by atoms with van der Waals surface area (Å²) in [7, 11) is 0. The van der Waals surface area contributed by atoms with Crippen molar-refractivity contribution < 1.29 is 9.53 Å². The van der Waals surface area contributed by atoms with E-state index < -0.39 is 0 Å². The third-order valence-corrected chi connectivity index (χ3v) is 2.58. The van der Waals surface area contributed by atoms with E-state index in [1.807, 2.05) is 6.08 Å². The summed E-state index contributed by atoms with van der Waals surface area (Å²) in [5, 5.41) is 2.29. The van der Waals surface area contributed by atoms with Gasteiger partial charge in [-0.15, -0.1) is 0 Å². The highest BCUT2D eigenvalue weighted by molar-refractivity contribution is 5.95. The molecule has 0 unspecified atom stereocenters. The molecule has 0 aliphatic heterocycles. The summed E-state index contributed by atoms with van der Waals surface area (Å²) < 4.78 is 5.62. The number of carbonyl (C=O) groups excluding carboxylic acids is 1. The topological polar surface area (TPSA) is 64.3 Å². The van der Waals surface area contributed by atoms with E-state index in [2.05, 4.69) is 17.9 Å². The van der Waals surface area contributed by atoms with Crippen molar-refractivity contribution in [1.29, 1.82) is 0 Å². The van der Waals surface area contributed by atoms with Crippen molar-refractivity contribution in [2.75, 3.05) is 6.61 Å². The van der Waals surface area contributed by atoms with Gasteiger partial charge in [-0.2, -0.15) is 0 Å². The third-order valence-electron chi connectivity index (χ3n) is 2.58. The van der Waals surface area contributed by atoms with Crippen LogP contribution in [0.3, 0.4) is 0 Å². The Hall–Kier alpha value is -2.93. The van der Waals surface area contributed by atoms with Gasteiger partial charge < -0.3 is 10.5 Å². The predicted molar refractivity (Wildman–Crippen MR) is 84.5 cm³/mol. The maximum Gasteiger partial charge on any atom is 0.262 e. The molecule has 108 valence electrons. The lowest BCUT2D eigenvalue weighted by atomic mass is 10.1. The third kappa shape index (κ3) is 5.70. The summed E-state index contributed by atoms with van der Waals surface area (Å²) in [6, 6.07) is 8.92. The van der Waals surface area contributed by atoms with E-state index in [1.54, 1.807) is 36.4 Å². The number of ether oxygens (including phenoxy) is 1. The highest BCUT2D eigenvalue weighted by Gasteiger charge is 2.05. The molecular formula is C17H18N2O2. The zero-order valence-corrected chi connectivity index (χ0v) is 11.7. The molecule has 0 fully saturated rings. The van der Waals surface area contributed by atoms with Crippen LogP contribution in [0.5, 0.6) is 5.75 Å². The number of terminal acetylenes is 1. The summed E-state index contributed by atoms with van der Waals surface area (Å²) in [4.78, 5) is 11.6. The quantitative estimate of drug-likeness (QED) is 0.458. The Morgan fingerprint density at radius 2 is 2.33 bits per heavy atom. The fourth-order valence-corrected chi connectivity index (χ4v) is 1.65. The second-order valence-electron chi connectivity index (χ2n) is 4.06. The molecule has 1 aromatic rings. The molecule has 0 bridgehead atoms. The number of nitrogens with one attached hydrogen (secondary N) is 1. The number of hydrogen-bond acceptors (Lipinski definition) is 3. The van der Waals surface area contributed by atoms with Crippen LogP contribution in [0.25, 0.3) is 0 Å². The maximum absolute atomic E-state index is 11.6. The van der Waals surface area contributed by atoms with E-state index in [4.69, 9.17) is 16.9 Å². The van der Waals surface area contributed by atoms with Gasteiger partial charge in [0.05, 0.1) is 6.61 Å². The Labute approximate surface area is 125 Å². The molecule has 21 heavy (non-hydrogen) atoms. The normalized spacial score (nSPS) is 10.9. The van der Waals surface area contributed by atoms with Crippen LogP contribution < -0.4 is 15.8 Å². The van der Waals surface area contributed by atoms with E-state index in [1.165, 1.54) is 6.20 Å². The van der Waals surface area contributed by atoms with Gasteiger partial charge in [0.25, 0.3) is 5.91 Å². The number of amides is 1. The Morgan fingerprint density at radius 3 is 3.00 bits per heavy atom. The van der Waals surface area contributed by atoms with Crippen molar-refractivity contribution in [1.82, 2.24) is 5.32 Å². The van der Waals surface area contributed by atoms with Crippen LogP contribution in [-0.4, -0.2) is 12.5 Å². The lowest BCUT2D eigenvalue weighted by molar-refractivity contribution is 0.0973. The van der Waals surface area contributed by atoms with Crippen LogP contribution >= 0.6 is 0 Å². The molecule has 0 atom stereocenters. The molecule has 3 N–H and O–H groups in total. The molecule has 4 nitrogen and oxygen atoms in total. The van der Waals surface area contributed by atoms with Gasteiger partial charge in [0.2, 0.25) is 0 Å². The van der Waals surface area contributed by atoms with Gasteiger partial charge in [-0.3, -0.25) is 10.1 Å². The molecule has 0 radical (unpaired) electrons.